The number of aryl methyl sites for hydroxylation is 1. The summed E-state index contributed by atoms with van der Waals surface area (Å²) < 4.78 is 1.90. The average molecular weight is 307 g/mol. The number of nitrogens with one attached hydrogen (secondary N) is 2. The number of hydrogen-bond acceptors (Lipinski definition) is 4. The van der Waals surface area contributed by atoms with E-state index in [0.717, 1.165) is 18.3 Å². The highest BCUT2D eigenvalue weighted by molar-refractivity contribution is 5.80. The van der Waals surface area contributed by atoms with E-state index in [1.165, 1.54) is 38.9 Å². The van der Waals surface area contributed by atoms with E-state index in [1.54, 1.807) is 6.33 Å². The van der Waals surface area contributed by atoms with Crippen molar-refractivity contribution >= 4 is 5.96 Å². The summed E-state index contributed by atoms with van der Waals surface area (Å²) in [6.45, 7) is 9.30. The van der Waals surface area contributed by atoms with Crippen LogP contribution in [0.1, 0.15) is 38.9 Å². The van der Waals surface area contributed by atoms with E-state index >= 15 is 0 Å². The van der Waals surface area contributed by atoms with Gasteiger partial charge >= 0.3 is 0 Å². The van der Waals surface area contributed by atoms with E-state index < -0.39 is 0 Å². The Labute approximate surface area is 133 Å². The molecule has 0 aromatic carbocycles. The Hall–Kier alpha value is -1.63. The molecule has 124 valence electrons. The second-order valence-electron chi connectivity index (χ2n) is 5.81. The molecule has 22 heavy (non-hydrogen) atoms. The minimum Gasteiger partial charge on any atom is -0.357 e. The lowest BCUT2D eigenvalue weighted by Gasteiger charge is -2.32. The van der Waals surface area contributed by atoms with Gasteiger partial charge in [-0.2, -0.15) is 0 Å². The second-order valence-corrected chi connectivity index (χ2v) is 5.81. The summed E-state index contributed by atoms with van der Waals surface area (Å²) in [5, 5.41) is 14.8. The topological polar surface area (TPSA) is 70.4 Å². The molecular formula is C15H29N7. The lowest BCUT2D eigenvalue weighted by Crippen LogP contribution is -2.48. The van der Waals surface area contributed by atoms with Gasteiger partial charge in [-0.1, -0.05) is 6.92 Å². The fourth-order valence-corrected chi connectivity index (χ4v) is 2.73. The Morgan fingerprint density at radius 2 is 2.14 bits per heavy atom. The molecule has 1 aromatic rings. The maximum atomic E-state index is 4.62. The number of hydrogen-bond donors (Lipinski definition) is 2. The van der Waals surface area contributed by atoms with Crippen molar-refractivity contribution < 1.29 is 0 Å². The minimum atomic E-state index is 0.505. The van der Waals surface area contributed by atoms with Crippen LogP contribution in [0.4, 0.5) is 0 Å². The van der Waals surface area contributed by atoms with Gasteiger partial charge in [-0.15, -0.1) is 10.2 Å². The van der Waals surface area contributed by atoms with Crippen LogP contribution in [0, 0.1) is 0 Å². The van der Waals surface area contributed by atoms with Crippen LogP contribution in [-0.2, 0) is 13.6 Å². The molecule has 2 N–H and O–H groups in total. The molecule has 0 aliphatic carbocycles. The number of aliphatic imine (C=N–C) groups is 1. The van der Waals surface area contributed by atoms with Crippen LogP contribution >= 0.6 is 0 Å². The van der Waals surface area contributed by atoms with Crippen molar-refractivity contribution in [3.05, 3.63) is 12.2 Å². The molecule has 2 heterocycles. The SMILES string of the molecule is CCCN1CCC(NC(=NCc2nncn2C)NCC)CC1. The molecule has 0 amide bonds. The monoisotopic (exact) mass is 307 g/mol. The van der Waals surface area contributed by atoms with Crippen LogP contribution in [-0.4, -0.2) is 57.8 Å². The summed E-state index contributed by atoms with van der Waals surface area (Å²) in [5.41, 5.74) is 0. The lowest BCUT2D eigenvalue weighted by atomic mass is 10.1. The summed E-state index contributed by atoms with van der Waals surface area (Å²) in [6.07, 6.45) is 5.29. The van der Waals surface area contributed by atoms with Crippen molar-refractivity contribution in [1.29, 1.82) is 0 Å². The van der Waals surface area contributed by atoms with Gasteiger partial charge in [-0.3, -0.25) is 0 Å². The van der Waals surface area contributed by atoms with Crippen molar-refractivity contribution in [3.63, 3.8) is 0 Å². The standard InChI is InChI=1S/C15H29N7/c1-4-8-22-9-6-13(7-10-22)19-15(16-5-2)17-11-14-20-18-12-21(14)3/h12-13H,4-11H2,1-3H3,(H2,16,17,19). The Morgan fingerprint density at radius 3 is 2.73 bits per heavy atom. The van der Waals surface area contributed by atoms with Crippen LogP contribution in [0.2, 0.25) is 0 Å². The maximum Gasteiger partial charge on any atom is 0.191 e. The number of guanidine groups is 1. The predicted octanol–water partition coefficient (Wildman–Crippen LogP) is 0.745. The first-order chi connectivity index (χ1) is 10.7. The summed E-state index contributed by atoms with van der Waals surface area (Å²) in [6, 6.07) is 0.505. The van der Waals surface area contributed by atoms with Gasteiger partial charge in [0, 0.05) is 32.7 Å². The van der Waals surface area contributed by atoms with Gasteiger partial charge in [-0.05, 0) is 32.7 Å². The van der Waals surface area contributed by atoms with Crippen LogP contribution in [0.5, 0.6) is 0 Å². The maximum absolute atomic E-state index is 4.62. The van der Waals surface area contributed by atoms with E-state index in [2.05, 4.69) is 44.6 Å². The van der Waals surface area contributed by atoms with Gasteiger partial charge in [0.2, 0.25) is 0 Å². The zero-order chi connectivity index (χ0) is 15.8. The molecule has 2 rings (SSSR count). The molecule has 1 fully saturated rings. The molecular weight excluding hydrogens is 278 g/mol. The number of nitrogens with zero attached hydrogens (tertiary/aromatic N) is 5. The van der Waals surface area contributed by atoms with Gasteiger partial charge in [0.1, 0.15) is 12.9 Å². The molecule has 1 aromatic heterocycles. The quantitative estimate of drug-likeness (QED) is 0.599. The van der Waals surface area contributed by atoms with Gasteiger partial charge in [-0.25, -0.2) is 4.99 Å². The number of rotatable bonds is 6. The lowest BCUT2D eigenvalue weighted by molar-refractivity contribution is 0.206. The average Bonchev–Trinajstić information content (AvgIpc) is 2.92. The van der Waals surface area contributed by atoms with E-state index in [-0.39, 0.29) is 0 Å². The third-order valence-electron chi connectivity index (χ3n) is 4.00. The van der Waals surface area contributed by atoms with E-state index in [9.17, 15) is 0 Å². The Morgan fingerprint density at radius 1 is 1.36 bits per heavy atom. The van der Waals surface area contributed by atoms with E-state index in [4.69, 9.17) is 0 Å². The summed E-state index contributed by atoms with van der Waals surface area (Å²) in [4.78, 5) is 7.17. The Balaban J connectivity index is 1.85. The largest absolute Gasteiger partial charge is 0.357 e. The molecule has 1 saturated heterocycles. The predicted molar refractivity (Wildman–Crippen MR) is 88.7 cm³/mol. The van der Waals surface area contributed by atoms with Crippen molar-refractivity contribution in [2.75, 3.05) is 26.2 Å². The molecule has 1 aliphatic heterocycles. The zero-order valence-electron chi connectivity index (χ0n) is 14.0. The highest BCUT2D eigenvalue weighted by atomic mass is 15.3. The molecule has 7 heteroatoms. The highest BCUT2D eigenvalue weighted by Crippen LogP contribution is 2.10. The number of likely N-dealkylation sites (tertiary alicyclic amines) is 1. The summed E-state index contributed by atoms with van der Waals surface area (Å²) in [7, 11) is 1.94. The van der Waals surface area contributed by atoms with Crippen LogP contribution in [0.15, 0.2) is 11.3 Å². The first-order valence-electron chi connectivity index (χ1n) is 8.33. The Bertz CT molecular complexity index is 460. The van der Waals surface area contributed by atoms with Crippen LogP contribution in [0.25, 0.3) is 0 Å². The molecule has 0 unspecified atom stereocenters. The third kappa shape index (κ3) is 4.98. The van der Waals surface area contributed by atoms with Gasteiger partial charge in [0.15, 0.2) is 11.8 Å². The van der Waals surface area contributed by atoms with E-state index in [0.29, 0.717) is 12.6 Å². The molecule has 0 atom stereocenters. The highest BCUT2D eigenvalue weighted by Gasteiger charge is 2.19. The molecule has 7 nitrogen and oxygen atoms in total. The Kier molecular flexibility index (Phi) is 6.64. The van der Waals surface area contributed by atoms with Crippen molar-refractivity contribution in [2.45, 2.75) is 45.7 Å². The van der Waals surface area contributed by atoms with Gasteiger partial charge in [0.25, 0.3) is 0 Å². The summed E-state index contributed by atoms with van der Waals surface area (Å²) in [5.74, 6) is 1.74. The normalized spacial score (nSPS) is 17.7. The number of aromatic nitrogens is 3. The fraction of sp³-hybridized carbons (Fsp3) is 0.800. The smallest absolute Gasteiger partial charge is 0.191 e. The minimum absolute atomic E-state index is 0.505. The third-order valence-corrected chi connectivity index (χ3v) is 4.00. The molecule has 0 saturated carbocycles. The van der Waals surface area contributed by atoms with E-state index in [1.807, 2.05) is 11.6 Å². The molecule has 0 radical (unpaired) electrons. The number of piperidine rings is 1. The second kappa shape index (κ2) is 8.73. The van der Waals surface area contributed by atoms with Crippen LogP contribution in [0.3, 0.4) is 0 Å². The summed E-state index contributed by atoms with van der Waals surface area (Å²) >= 11 is 0. The first-order valence-corrected chi connectivity index (χ1v) is 8.33. The zero-order valence-corrected chi connectivity index (χ0v) is 14.0. The van der Waals surface area contributed by atoms with Crippen LogP contribution < -0.4 is 10.6 Å². The molecule has 0 bridgehead atoms. The molecule has 0 spiro atoms. The van der Waals surface area contributed by atoms with Gasteiger partial charge in [0.05, 0.1) is 0 Å². The molecule has 1 aliphatic rings. The van der Waals surface area contributed by atoms with Crippen molar-refractivity contribution in [1.82, 2.24) is 30.3 Å². The van der Waals surface area contributed by atoms with Crippen molar-refractivity contribution in [3.8, 4) is 0 Å². The van der Waals surface area contributed by atoms with Crippen molar-refractivity contribution in [2.24, 2.45) is 12.0 Å². The van der Waals surface area contributed by atoms with Gasteiger partial charge < -0.3 is 20.1 Å². The fourth-order valence-electron chi connectivity index (χ4n) is 2.73. The first kappa shape index (κ1) is 16.7.